The van der Waals surface area contributed by atoms with Gasteiger partial charge in [-0.25, -0.2) is 4.79 Å². The molecule has 0 fully saturated rings. The number of methoxy groups -OCH3 is 1. The second-order valence-corrected chi connectivity index (χ2v) is 12.6. The van der Waals surface area contributed by atoms with Gasteiger partial charge < -0.3 is 46.5 Å². The molecule has 0 bridgehead atoms. The topological polar surface area (TPSA) is 233 Å². The Hall–Kier alpha value is -4.73. The molecule has 6 atom stereocenters. The molecule has 1 aromatic carbocycles. The number of amides is 6. The lowest BCUT2D eigenvalue weighted by atomic mass is 9.98. The van der Waals surface area contributed by atoms with Gasteiger partial charge in [-0.3, -0.25) is 28.8 Å². The Balaban J connectivity index is 3.13. The number of alkyl carbamates (subject to hydrolysis) is 1. The van der Waals surface area contributed by atoms with Crippen LogP contribution in [0.15, 0.2) is 30.3 Å². The molecule has 6 amide bonds. The van der Waals surface area contributed by atoms with Crippen molar-refractivity contribution in [3.8, 4) is 0 Å². The molecular formula is C33H52N6O10. The molecule has 0 spiro atoms. The quantitative estimate of drug-likeness (QED) is 0.110. The first kappa shape index (κ1) is 42.3. The molecule has 0 aliphatic heterocycles. The minimum Gasteiger partial charge on any atom is -0.468 e. The van der Waals surface area contributed by atoms with Gasteiger partial charge in [-0.2, -0.15) is 0 Å². The second-order valence-electron chi connectivity index (χ2n) is 12.6. The van der Waals surface area contributed by atoms with Crippen molar-refractivity contribution in [1.29, 1.82) is 0 Å². The van der Waals surface area contributed by atoms with Crippen LogP contribution in [0.4, 0.5) is 4.79 Å². The summed E-state index contributed by atoms with van der Waals surface area (Å²) in [5, 5.41) is 12.6. The average molecular weight is 693 g/mol. The number of esters is 1. The fourth-order valence-corrected chi connectivity index (χ4v) is 4.43. The van der Waals surface area contributed by atoms with Crippen LogP contribution in [-0.4, -0.2) is 91.1 Å². The maximum atomic E-state index is 13.6. The van der Waals surface area contributed by atoms with Crippen molar-refractivity contribution in [2.45, 2.75) is 110 Å². The van der Waals surface area contributed by atoms with Crippen molar-refractivity contribution in [3.05, 3.63) is 35.9 Å². The van der Waals surface area contributed by atoms with Gasteiger partial charge >= 0.3 is 12.1 Å². The maximum Gasteiger partial charge on any atom is 0.408 e. The van der Waals surface area contributed by atoms with E-state index in [0.29, 0.717) is 12.0 Å². The number of rotatable bonds is 19. The summed E-state index contributed by atoms with van der Waals surface area (Å²) in [6.45, 7) is 11.3. The van der Waals surface area contributed by atoms with Crippen LogP contribution < -0.4 is 32.3 Å². The molecule has 0 unspecified atom stereocenters. The molecule has 0 aromatic heterocycles. The molecule has 274 valence electrons. The van der Waals surface area contributed by atoms with Gasteiger partial charge in [0.2, 0.25) is 29.5 Å². The zero-order chi connectivity index (χ0) is 37.3. The molecule has 7 N–H and O–H groups in total. The number of nitrogens with one attached hydrogen (secondary N) is 5. The first-order chi connectivity index (χ1) is 22.9. The Morgan fingerprint density at radius 1 is 0.816 bits per heavy atom. The molecule has 16 heteroatoms. The number of nitrogens with two attached hydrogens (primary N) is 1. The monoisotopic (exact) mass is 692 g/mol. The summed E-state index contributed by atoms with van der Waals surface area (Å²) in [7, 11) is 1.18. The van der Waals surface area contributed by atoms with E-state index >= 15 is 0 Å². The van der Waals surface area contributed by atoms with Crippen LogP contribution >= 0.6 is 0 Å². The Morgan fingerprint density at radius 3 is 1.98 bits per heavy atom. The summed E-state index contributed by atoms with van der Waals surface area (Å²) in [4.78, 5) is 88.7. The summed E-state index contributed by atoms with van der Waals surface area (Å²) in [6.07, 6.45) is -1.83. The van der Waals surface area contributed by atoms with E-state index in [1.807, 2.05) is 6.92 Å². The molecule has 0 aliphatic carbocycles. The van der Waals surface area contributed by atoms with Gasteiger partial charge in [-0.05, 0) is 52.5 Å². The van der Waals surface area contributed by atoms with Crippen LogP contribution in [0.3, 0.4) is 0 Å². The van der Waals surface area contributed by atoms with E-state index in [1.54, 1.807) is 65.0 Å². The molecule has 0 saturated heterocycles. The number of primary amides is 1. The van der Waals surface area contributed by atoms with Crippen molar-refractivity contribution < 1.29 is 47.8 Å². The predicted octanol–water partition coefficient (Wildman–Crippen LogP) is 0.560. The number of carbonyl (C=O) groups is 7. The van der Waals surface area contributed by atoms with Gasteiger partial charge in [0, 0.05) is 6.42 Å². The average Bonchev–Trinajstić information content (AvgIpc) is 3.04. The SMILES string of the molecule is CC[C@H](C)[C@H](NC(=O)[C@H](C)NC(=O)[C@@H](NC(=O)[C@H](CCC(N)=O)NC(=O)OCc1ccccc1)[C@@H](C)OC(C)(C)C)C(=O)NCC(=O)OC. The summed E-state index contributed by atoms with van der Waals surface area (Å²) in [5.41, 5.74) is 5.24. The maximum absolute atomic E-state index is 13.6. The lowest BCUT2D eigenvalue weighted by molar-refractivity contribution is -0.142. The number of hydrogen-bond donors (Lipinski definition) is 6. The van der Waals surface area contributed by atoms with Crippen LogP contribution in [0.2, 0.25) is 0 Å². The van der Waals surface area contributed by atoms with E-state index in [0.717, 1.165) is 0 Å². The Morgan fingerprint density at radius 2 is 1.43 bits per heavy atom. The second kappa shape index (κ2) is 20.6. The highest BCUT2D eigenvalue weighted by molar-refractivity contribution is 5.96. The van der Waals surface area contributed by atoms with Gasteiger partial charge in [-0.1, -0.05) is 50.6 Å². The first-order valence-corrected chi connectivity index (χ1v) is 16.1. The molecule has 0 radical (unpaired) electrons. The molecule has 49 heavy (non-hydrogen) atoms. The third-order valence-corrected chi connectivity index (χ3v) is 7.27. The Kier molecular flexibility index (Phi) is 17.8. The first-order valence-electron chi connectivity index (χ1n) is 16.1. The van der Waals surface area contributed by atoms with Gasteiger partial charge in [0.1, 0.15) is 37.3 Å². The number of carbonyl (C=O) groups excluding carboxylic acids is 7. The van der Waals surface area contributed by atoms with Crippen molar-refractivity contribution in [3.63, 3.8) is 0 Å². The van der Waals surface area contributed by atoms with Crippen LogP contribution in [0.5, 0.6) is 0 Å². The van der Waals surface area contributed by atoms with E-state index in [4.69, 9.17) is 15.2 Å². The minimum absolute atomic E-state index is 0.0803. The zero-order valence-electron chi connectivity index (χ0n) is 29.5. The van der Waals surface area contributed by atoms with Crippen LogP contribution in [-0.2, 0) is 49.6 Å². The molecule has 16 nitrogen and oxygen atoms in total. The zero-order valence-corrected chi connectivity index (χ0v) is 29.5. The fraction of sp³-hybridized carbons (Fsp3) is 0.606. The molecule has 1 rings (SSSR count). The highest BCUT2D eigenvalue weighted by Gasteiger charge is 2.35. The van der Waals surface area contributed by atoms with Crippen LogP contribution in [0.1, 0.15) is 73.3 Å². The van der Waals surface area contributed by atoms with Gasteiger partial charge in [0.15, 0.2) is 0 Å². The molecule has 0 saturated carbocycles. The number of benzene rings is 1. The Bertz CT molecular complexity index is 1290. The molecule has 0 heterocycles. The van der Waals surface area contributed by atoms with Crippen LogP contribution in [0, 0.1) is 5.92 Å². The Labute approximate surface area is 287 Å². The lowest BCUT2D eigenvalue weighted by Crippen LogP contribution is -2.61. The summed E-state index contributed by atoms with van der Waals surface area (Å²) >= 11 is 0. The molecular weight excluding hydrogens is 640 g/mol. The fourth-order valence-electron chi connectivity index (χ4n) is 4.43. The van der Waals surface area contributed by atoms with E-state index in [-0.39, 0.29) is 25.4 Å². The van der Waals surface area contributed by atoms with Crippen molar-refractivity contribution in [2.24, 2.45) is 11.7 Å². The number of hydrogen-bond acceptors (Lipinski definition) is 10. The van der Waals surface area contributed by atoms with E-state index in [2.05, 4.69) is 31.3 Å². The summed E-state index contributed by atoms with van der Waals surface area (Å²) in [5.74, 6) is -4.67. The summed E-state index contributed by atoms with van der Waals surface area (Å²) < 4.78 is 15.7. The lowest BCUT2D eigenvalue weighted by Gasteiger charge is -2.32. The standard InChI is InChI=1S/C33H52N6O10/c1-9-19(2)26(30(44)35-17-25(41)47-8)38-28(42)20(3)36-31(45)27(21(4)49-33(5,6)7)39-29(43)23(15-16-24(34)40)37-32(46)48-18-22-13-11-10-12-14-22/h10-14,19-21,23,26-27H,9,15-18H2,1-8H3,(H2,34,40)(H,35,44)(H,36,45)(H,37,46)(H,38,42)(H,39,43)/t19-,20-,21+,23-,26-,27-/m0/s1. The molecule has 1 aromatic rings. The van der Waals surface area contributed by atoms with Gasteiger partial charge in [0.05, 0.1) is 18.8 Å². The van der Waals surface area contributed by atoms with Gasteiger partial charge in [-0.15, -0.1) is 0 Å². The third kappa shape index (κ3) is 16.3. The largest absolute Gasteiger partial charge is 0.468 e. The van der Waals surface area contributed by atoms with Crippen molar-refractivity contribution >= 4 is 41.6 Å². The minimum atomic E-state index is -1.38. The van der Waals surface area contributed by atoms with Crippen molar-refractivity contribution in [1.82, 2.24) is 26.6 Å². The third-order valence-electron chi connectivity index (χ3n) is 7.27. The highest BCUT2D eigenvalue weighted by Crippen LogP contribution is 2.15. The number of ether oxygens (including phenoxy) is 3. The smallest absolute Gasteiger partial charge is 0.408 e. The molecule has 0 aliphatic rings. The summed E-state index contributed by atoms with van der Waals surface area (Å²) in [6, 6.07) is 3.91. The predicted molar refractivity (Wildman–Crippen MR) is 178 cm³/mol. The van der Waals surface area contributed by atoms with E-state index in [1.165, 1.54) is 14.0 Å². The van der Waals surface area contributed by atoms with Gasteiger partial charge in [0.25, 0.3) is 0 Å². The van der Waals surface area contributed by atoms with E-state index in [9.17, 15) is 33.6 Å². The normalized spacial score (nSPS) is 14.8. The van der Waals surface area contributed by atoms with Crippen molar-refractivity contribution in [2.75, 3.05) is 13.7 Å². The van der Waals surface area contributed by atoms with Crippen LogP contribution in [0.25, 0.3) is 0 Å². The highest BCUT2D eigenvalue weighted by atomic mass is 16.5. The van der Waals surface area contributed by atoms with E-state index < -0.39 is 84.0 Å².